The summed E-state index contributed by atoms with van der Waals surface area (Å²) in [5.74, 6) is -1.40. The Morgan fingerprint density at radius 2 is 1.88 bits per heavy atom. The number of nitrogens with one attached hydrogen (secondary N) is 2. The van der Waals surface area contributed by atoms with E-state index in [1.165, 1.54) is 38.6 Å². The number of rotatable bonds is 5. The van der Waals surface area contributed by atoms with Gasteiger partial charge in [-0.15, -0.1) is 0 Å². The van der Waals surface area contributed by atoms with Crippen molar-refractivity contribution in [3.8, 4) is 11.5 Å². The van der Waals surface area contributed by atoms with E-state index >= 15 is 0 Å². The fraction of sp³-hybridized carbons (Fsp3) is 0.118. The first-order valence-corrected chi connectivity index (χ1v) is 7.15. The molecule has 130 valence electrons. The van der Waals surface area contributed by atoms with Gasteiger partial charge >= 0.3 is 11.8 Å². The predicted octanol–water partition coefficient (Wildman–Crippen LogP) is 1.93. The molecule has 0 aliphatic carbocycles. The lowest BCUT2D eigenvalue weighted by atomic mass is 10.2. The Bertz CT molecular complexity index is 808. The minimum absolute atomic E-state index is 0.165. The molecule has 25 heavy (non-hydrogen) atoms. The largest absolute Gasteiger partial charge is 0.497 e. The number of anilines is 1. The molecule has 0 aliphatic rings. The molecular weight excluding hydrogens is 329 g/mol. The van der Waals surface area contributed by atoms with E-state index in [9.17, 15) is 14.0 Å². The van der Waals surface area contributed by atoms with Crippen molar-refractivity contribution in [1.82, 2.24) is 5.43 Å². The maximum absolute atomic E-state index is 13.0. The lowest BCUT2D eigenvalue weighted by molar-refractivity contribution is -0.136. The molecule has 0 aliphatic heterocycles. The lowest BCUT2D eigenvalue weighted by Gasteiger charge is -2.07. The van der Waals surface area contributed by atoms with E-state index in [2.05, 4.69) is 15.8 Å². The van der Waals surface area contributed by atoms with E-state index in [0.717, 1.165) is 6.07 Å². The smallest absolute Gasteiger partial charge is 0.329 e. The minimum atomic E-state index is -0.998. The molecule has 0 aromatic heterocycles. The average molecular weight is 345 g/mol. The summed E-state index contributed by atoms with van der Waals surface area (Å²) in [5, 5.41) is 5.97. The lowest BCUT2D eigenvalue weighted by Crippen LogP contribution is -2.32. The third-order valence-electron chi connectivity index (χ3n) is 3.10. The molecule has 8 heteroatoms. The third kappa shape index (κ3) is 5.03. The highest BCUT2D eigenvalue weighted by Gasteiger charge is 2.13. The maximum Gasteiger partial charge on any atom is 0.329 e. The Balaban J connectivity index is 1.99. The highest BCUT2D eigenvalue weighted by molar-refractivity contribution is 6.39. The zero-order chi connectivity index (χ0) is 18.2. The number of hydrazone groups is 1. The van der Waals surface area contributed by atoms with Crippen molar-refractivity contribution in [2.75, 3.05) is 19.5 Å². The van der Waals surface area contributed by atoms with Crippen molar-refractivity contribution in [3.63, 3.8) is 0 Å². The van der Waals surface area contributed by atoms with Crippen LogP contribution in [0.2, 0.25) is 0 Å². The van der Waals surface area contributed by atoms with E-state index in [1.807, 2.05) is 0 Å². The fourth-order valence-corrected chi connectivity index (χ4v) is 1.91. The molecule has 2 rings (SSSR count). The summed E-state index contributed by atoms with van der Waals surface area (Å²) in [7, 11) is 3.01. The summed E-state index contributed by atoms with van der Waals surface area (Å²) < 4.78 is 23.3. The molecule has 0 saturated carbocycles. The summed E-state index contributed by atoms with van der Waals surface area (Å²) in [6.07, 6.45) is 1.31. The molecule has 0 unspecified atom stereocenters. The second-order valence-electron chi connectivity index (χ2n) is 4.77. The van der Waals surface area contributed by atoms with Gasteiger partial charge in [0, 0.05) is 11.3 Å². The number of methoxy groups -OCH3 is 2. The van der Waals surface area contributed by atoms with E-state index in [4.69, 9.17) is 9.47 Å². The molecular formula is C17H16FN3O4. The van der Waals surface area contributed by atoms with Crippen LogP contribution in [-0.2, 0) is 9.59 Å². The SMILES string of the molecule is COc1ccc(OC)c(/C=N/NC(=O)C(=O)Nc2cccc(F)c2)c1. The summed E-state index contributed by atoms with van der Waals surface area (Å²) in [6, 6.07) is 10.2. The first kappa shape index (κ1) is 17.9. The monoisotopic (exact) mass is 345 g/mol. The molecule has 2 aromatic rings. The van der Waals surface area contributed by atoms with Crippen LogP contribution in [-0.4, -0.2) is 32.2 Å². The summed E-state index contributed by atoms with van der Waals surface area (Å²) >= 11 is 0. The molecule has 0 spiro atoms. The highest BCUT2D eigenvalue weighted by Crippen LogP contribution is 2.22. The number of nitrogens with zero attached hydrogens (tertiary/aromatic N) is 1. The van der Waals surface area contributed by atoms with Crippen molar-refractivity contribution in [2.24, 2.45) is 5.10 Å². The first-order chi connectivity index (χ1) is 12.0. The van der Waals surface area contributed by atoms with Gasteiger partial charge in [0.1, 0.15) is 17.3 Å². The van der Waals surface area contributed by atoms with E-state index in [-0.39, 0.29) is 5.69 Å². The molecule has 2 amide bonds. The summed E-state index contributed by atoms with van der Waals surface area (Å²) in [6.45, 7) is 0. The Hall–Kier alpha value is -3.42. The quantitative estimate of drug-likeness (QED) is 0.492. The average Bonchev–Trinajstić information content (AvgIpc) is 2.61. The maximum atomic E-state index is 13.0. The van der Waals surface area contributed by atoms with Gasteiger partial charge in [-0.2, -0.15) is 5.10 Å². The fourth-order valence-electron chi connectivity index (χ4n) is 1.91. The number of carbonyl (C=O) groups is 2. The summed E-state index contributed by atoms with van der Waals surface area (Å²) in [4.78, 5) is 23.4. The van der Waals surface area contributed by atoms with Gasteiger partial charge in [-0.25, -0.2) is 9.82 Å². The van der Waals surface area contributed by atoms with Crippen LogP contribution in [0.3, 0.4) is 0 Å². The van der Waals surface area contributed by atoms with Crippen LogP contribution < -0.4 is 20.2 Å². The minimum Gasteiger partial charge on any atom is -0.497 e. The first-order valence-electron chi connectivity index (χ1n) is 7.15. The molecule has 7 nitrogen and oxygen atoms in total. The Morgan fingerprint density at radius 1 is 1.08 bits per heavy atom. The normalized spacial score (nSPS) is 10.4. The van der Waals surface area contributed by atoms with Crippen LogP contribution in [0.4, 0.5) is 10.1 Å². The van der Waals surface area contributed by atoms with Gasteiger partial charge in [-0.1, -0.05) is 6.07 Å². The van der Waals surface area contributed by atoms with Crippen molar-refractivity contribution >= 4 is 23.7 Å². The number of benzene rings is 2. The molecule has 0 radical (unpaired) electrons. The van der Waals surface area contributed by atoms with E-state index in [0.29, 0.717) is 17.1 Å². The van der Waals surface area contributed by atoms with Crippen LogP contribution in [0.15, 0.2) is 47.6 Å². The van der Waals surface area contributed by atoms with Crippen LogP contribution in [0.25, 0.3) is 0 Å². The number of amides is 2. The molecule has 0 fully saturated rings. The molecule has 2 aromatic carbocycles. The van der Waals surface area contributed by atoms with Gasteiger partial charge in [0.25, 0.3) is 0 Å². The third-order valence-corrected chi connectivity index (χ3v) is 3.10. The zero-order valence-corrected chi connectivity index (χ0v) is 13.6. The topological polar surface area (TPSA) is 89.0 Å². The Kier molecular flexibility index (Phi) is 6.05. The second-order valence-corrected chi connectivity index (χ2v) is 4.77. The Labute approximate surface area is 143 Å². The standard InChI is InChI=1S/C17H16FN3O4/c1-24-14-6-7-15(25-2)11(8-14)10-19-21-17(23)16(22)20-13-5-3-4-12(18)9-13/h3-10H,1-2H3,(H,20,22)(H,21,23)/b19-10+. The number of hydrogen-bond acceptors (Lipinski definition) is 5. The van der Waals surface area contributed by atoms with Gasteiger partial charge in [0.05, 0.1) is 20.4 Å². The molecule has 0 atom stereocenters. The van der Waals surface area contributed by atoms with Crippen molar-refractivity contribution in [1.29, 1.82) is 0 Å². The number of halogens is 1. The second kappa shape index (κ2) is 8.44. The van der Waals surface area contributed by atoms with Crippen molar-refractivity contribution in [2.45, 2.75) is 0 Å². The van der Waals surface area contributed by atoms with Gasteiger partial charge in [0.15, 0.2) is 0 Å². The van der Waals surface area contributed by atoms with Crippen LogP contribution >= 0.6 is 0 Å². The molecule has 2 N–H and O–H groups in total. The van der Waals surface area contributed by atoms with E-state index in [1.54, 1.807) is 18.2 Å². The Morgan fingerprint density at radius 3 is 2.56 bits per heavy atom. The summed E-state index contributed by atoms with van der Waals surface area (Å²) in [5.41, 5.74) is 2.80. The molecule has 0 heterocycles. The van der Waals surface area contributed by atoms with Crippen LogP contribution in [0.1, 0.15) is 5.56 Å². The number of carbonyl (C=O) groups excluding carboxylic acids is 2. The van der Waals surface area contributed by atoms with Crippen molar-refractivity contribution in [3.05, 3.63) is 53.8 Å². The van der Waals surface area contributed by atoms with Gasteiger partial charge in [0.2, 0.25) is 0 Å². The highest BCUT2D eigenvalue weighted by atomic mass is 19.1. The van der Waals surface area contributed by atoms with Gasteiger partial charge < -0.3 is 14.8 Å². The molecule has 0 bridgehead atoms. The molecule has 0 saturated heterocycles. The van der Waals surface area contributed by atoms with Gasteiger partial charge in [-0.3, -0.25) is 9.59 Å². The predicted molar refractivity (Wildman–Crippen MR) is 90.3 cm³/mol. The van der Waals surface area contributed by atoms with Crippen molar-refractivity contribution < 1.29 is 23.5 Å². The zero-order valence-electron chi connectivity index (χ0n) is 13.6. The number of hydrogen-bond donors (Lipinski definition) is 2. The van der Waals surface area contributed by atoms with Gasteiger partial charge in [-0.05, 0) is 36.4 Å². The van der Waals surface area contributed by atoms with E-state index < -0.39 is 17.6 Å². The van der Waals surface area contributed by atoms with Crippen LogP contribution in [0, 0.1) is 5.82 Å². The van der Waals surface area contributed by atoms with Crippen LogP contribution in [0.5, 0.6) is 11.5 Å². The number of ether oxygens (including phenoxy) is 2.